The molecule has 31 heavy (non-hydrogen) atoms. The lowest BCUT2D eigenvalue weighted by atomic mass is 9.94. The Bertz CT molecular complexity index is 1010. The summed E-state index contributed by atoms with van der Waals surface area (Å²) in [6.07, 6.45) is 7.92. The van der Waals surface area contributed by atoms with Crippen LogP contribution >= 0.6 is 0 Å². The number of ether oxygens (including phenoxy) is 1. The van der Waals surface area contributed by atoms with Crippen LogP contribution in [-0.4, -0.2) is 45.5 Å². The fourth-order valence-electron chi connectivity index (χ4n) is 4.62. The van der Waals surface area contributed by atoms with E-state index in [1.807, 2.05) is 30.0 Å². The first-order valence-corrected chi connectivity index (χ1v) is 11.5. The molecule has 1 aromatic carbocycles. The predicted molar refractivity (Wildman–Crippen MR) is 118 cm³/mol. The SMILES string of the molecule is CCN(C(=O)COC(=O)CCc1nc2ccccc2c(=O)n1C1CC1)C1CCCCC1. The molecule has 4 rings (SSSR count). The first-order chi connectivity index (χ1) is 15.1. The number of carbonyl (C=O) groups excluding carboxylic acids is 2. The zero-order valence-electron chi connectivity index (χ0n) is 18.2. The molecule has 7 heteroatoms. The molecule has 2 saturated carbocycles. The summed E-state index contributed by atoms with van der Waals surface area (Å²) in [5.41, 5.74) is 0.603. The summed E-state index contributed by atoms with van der Waals surface area (Å²) in [6.45, 7) is 2.39. The van der Waals surface area contributed by atoms with Gasteiger partial charge in [-0.25, -0.2) is 4.98 Å². The molecule has 0 atom stereocenters. The maximum atomic E-state index is 12.9. The van der Waals surface area contributed by atoms with Crippen LogP contribution in [0.2, 0.25) is 0 Å². The second-order valence-corrected chi connectivity index (χ2v) is 8.58. The van der Waals surface area contributed by atoms with E-state index in [1.54, 1.807) is 10.6 Å². The van der Waals surface area contributed by atoms with Crippen LogP contribution in [0.5, 0.6) is 0 Å². The molecular weight excluding hydrogens is 394 g/mol. The minimum atomic E-state index is -0.433. The molecule has 0 unspecified atom stereocenters. The summed E-state index contributed by atoms with van der Waals surface area (Å²) in [5.74, 6) is 0.0612. The van der Waals surface area contributed by atoms with Crippen molar-refractivity contribution in [2.24, 2.45) is 0 Å². The van der Waals surface area contributed by atoms with Gasteiger partial charge in [-0.3, -0.25) is 19.0 Å². The number of nitrogens with zero attached hydrogens (tertiary/aromatic N) is 3. The number of hydrogen-bond donors (Lipinski definition) is 0. The van der Waals surface area contributed by atoms with Crippen LogP contribution in [0, 0.1) is 0 Å². The first kappa shape index (κ1) is 21.5. The van der Waals surface area contributed by atoms with Crippen molar-refractivity contribution in [1.29, 1.82) is 0 Å². The van der Waals surface area contributed by atoms with Gasteiger partial charge in [-0.2, -0.15) is 0 Å². The summed E-state index contributed by atoms with van der Waals surface area (Å²) >= 11 is 0. The molecule has 1 heterocycles. The lowest BCUT2D eigenvalue weighted by Crippen LogP contribution is -2.43. The number of likely N-dealkylation sites (N-methyl/N-ethyl adjacent to an activating group) is 1. The van der Waals surface area contributed by atoms with Crippen molar-refractivity contribution in [3.63, 3.8) is 0 Å². The first-order valence-electron chi connectivity index (χ1n) is 11.5. The Labute approximate surface area is 182 Å². The summed E-state index contributed by atoms with van der Waals surface area (Å²) < 4.78 is 7.03. The molecule has 2 aliphatic carbocycles. The zero-order valence-corrected chi connectivity index (χ0v) is 18.2. The standard InChI is InChI=1S/C24H31N3O4/c1-2-26(17-8-4-3-5-9-17)22(28)16-31-23(29)15-14-21-25-20-11-7-6-10-19(20)24(30)27(21)18-12-13-18/h6-7,10-11,17-18H,2-5,8-9,12-16H2,1H3. The van der Waals surface area contributed by atoms with Crippen molar-refractivity contribution in [2.75, 3.05) is 13.2 Å². The van der Waals surface area contributed by atoms with E-state index in [9.17, 15) is 14.4 Å². The average molecular weight is 426 g/mol. The van der Waals surface area contributed by atoms with Crippen molar-refractivity contribution >= 4 is 22.8 Å². The van der Waals surface area contributed by atoms with Crippen molar-refractivity contribution in [2.45, 2.75) is 76.8 Å². The lowest BCUT2D eigenvalue weighted by Gasteiger charge is -2.33. The number of hydrogen-bond acceptors (Lipinski definition) is 5. The monoisotopic (exact) mass is 425 g/mol. The number of esters is 1. The smallest absolute Gasteiger partial charge is 0.306 e. The lowest BCUT2D eigenvalue weighted by molar-refractivity contribution is -0.153. The summed E-state index contributed by atoms with van der Waals surface area (Å²) in [4.78, 5) is 44.3. The molecule has 2 aliphatic rings. The number of aryl methyl sites for hydroxylation is 1. The van der Waals surface area contributed by atoms with Gasteiger partial charge < -0.3 is 9.64 Å². The Kier molecular flexibility index (Phi) is 6.68. The predicted octanol–water partition coefficient (Wildman–Crippen LogP) is 3.39. The van der Waals surface area contributed by atoms with E-state index in [1.165, 1.54) is 6.42 Å². The highest BCUT2D eigenvalue weighted by Gasteiger charge is 2.29. The Hall–Kier alpha value is -2.70. The zero-order chi connectivity index (χ0) is 21.8. The van der Waals surface area contributed by atoms with Crippen LogP contribution in [0.1, 0.15) is 70.2 Å². The van der Waals surface area contributed by atoms with Gasteiger partial charge in [0, 0.05) is 25.0 Å². The fraction of sp³-hybridized carbons (Fsp3) is 0.583. The highest BCUT2D eigenvalue weighted by Crippen LogP contribution is 2.35. The number of carbonyl (C=O) groups is 2. The normalized spacial score (nSPS) is 16.9. The average Bonchev–Trinajstić information content (AvgIpc) is 3.62. The molecule has 0 aliphatic heterocycles. The van der Waals surface area contributed by atoms with Crippen LogP contribution in [0.3, 0.4) is 0 Å². The van der Waals surface area contributed by atoms with E-state index in [-0.39, 0.29) is 36.6 Å². The summed E-state index contributed by atoms with van der Waals surface area (Å²) in [7, 11) is 0. The molecule has 166 valence electrons. The van der Waals surface area contributed by atoms with E-state index < -0.39 is 5.97 Å². The van der Waals surface area contributed by atoms with E-state index in [0.29, 0.717) is 29.7 Å². The van der Waals surface area contributed by atoms with E-state index in [4.69, 9.17) is 4.74 Å². The molecule has 2 aromatic rings. The number of para-hydroxylation sites is 1. The molecule has 0 N–H and O–H groups in total. The molecule has 2 fully saturated rings. The third-order valence-corrected chi connectivity index (χ3v) is 6.38. The Balaban J connectivity index is 1.36. The van der Waals surface area contributed by atoms with Crippen molar-refractivity contribution in [1.82, 2.24) is 14.5 Å². The third-order valence-electron chi connectivity index (χ3n) is 6.38. The largest absolute Gasteiger partial charge is 0.456 e. The van der Waals surface area contributed by atoms with E-state index in [0.717, 1.165) is 38.5 Å². The van der Waals surface area contributed by atoms with Gasteiger partial charge >= 0.3 is 5.97 Å². The number of benzene rings is 1. The molecule has 1 amide bonds. The number of fused-ring (bicyclic) bond motifs is 1. The molecule has 1 aromatic heterocycles. The number of rotatable bonds is 8. The van der Waals surface area contributed by atoms with Crippen molar-refractivity contribution in [3.05, 3.63) is 40.4 Å². The molecule has 0 saturated heterocycles. The second kappa shape index (κ2) is 9.62. The summed E-state index contributed by atoms with van der Waals surface area (Å²) in [5, 5.41) is 0.605. The Morgan fingerprint density at radius 3 is 2.58 bits per heavy atom. The molecule has 0 spiro atoms. The van der Waals surface area contributed by atoms with Crippen LogP contribution in [0.4, 0.5) is 0 Å². The van der Waals surface area contributed by atoms with Crippen LogP contribution in [0.15, 0.2) is 29.1 Å². The Morgan fingerprint density at radius 1 is 1.13 bits per heavy atom. The Morgan fingerprint density at radius 2 is 1.87 bits per heavy atom. The molecule has 0 radical (unpaired) electrons. The third kappa shape index (κ3) is 4.97. The number of amides is 1. The second-order valence-electron chi connectivity index (χ2n) is 8.58. The topological polar surface area (TPSA) is 81.5 Å². The van der Waals surface area contributed by atoms with Gasteiger partial charge in [-0.15, -0.1) is 0 Å². The van der Waals surface area contributed by atoms with Crippen LogP contribution < -0.4 is 5.56 Å². The van der Waals surface area contributed by atoms with E-state index in [2.05, 4.69) is 4.98 Å². The highest BCUT2D eigenvalue weighted by molar-refractivity contribution is 5.81. The van der Waals surface area contributed by atoms with Gasteiger partial charge in [0.15, 0.2) is 6.61 Å². The quantitative estimate of drug-likeness (QED) is 0.606. The minimum absolute atomic E-state index is 0.0438. The maximum Gasteiger partial charge on any atom is 0.306 e. The van der Waals surface area contributed by atoms with Crippen LogP contribution in [-0.2, 0) is 20.7 Å². The maximum absolute atomic E-state index is 12.9. The van der Waals surface area contributed by atoms with Gasteiger partial charge in [0.05, 0.1) is 17.3 Å². The molecule has 7 nitrogen and oxygen atoms in total. The van der Waals surface area contributed by atoms with Gasteiger partial charge in [0.25, 0.3) is 11.5 Å². The van der Waals surface area contributed by atoms with Gasteiger partial charge in [0.1, 0.15) is 5.82 Å². The van der Waals surface area contributed by atoms with Crippen LogP contribution in [0.25, 0.3) is 10.9 Å². The van der Waals surface area contributed by atoms with E-state index >= 15 is 0 Å². The van der Waals surface area contributed by atoms with Crippen molar-refractivity contribution < 1.29 is 14.3 Å². The highest BCUT2D eigenvalue weighted by atomic mass is 16.5. The minimum Gasteiger partial charge on any atom is -0.456 e. The van der Waals surface area contributed by atoms with Gasteiger partial charge in [0.2, 0.25) is 0 Å². The number of aromatic nitrogens is 2. The van der Waals surface area contributed by atoms with Crippen molar-refractivity contribution in [3.8, 4) is 0 Å². The fourth-order valence-corrected chi connectivity index (χ4v) is 4.62. The van der Waals surface area contributed by atoms with Gasteiger partial charge in [-0.05, 0) is 44.7 Å². The van der Waals surface area contributed by atoms with Gasteiger partial charge in [-0.1, -0.05) is 31.4 Å². The molecular formula is C24H31N3O4. The molecule has 0 bridgehead atoms. The summed E-state index contributed by atoms with van der Waals surface area (Å²) in [6, 6.07) is 7.73.